The number of aryl methyl sites for hydroxylation is 1. The van der Waals surface area contributed by atoms with E-state index in [9.17, 15) is 0 Å². The van der Waals surface area contributed by atoms with Crippen molar-refractivity contribution in [2.75, 3.05) is 26.2 Å². The quantitative estimate of drug-likeness (QED) is 0.912. The molecule has 1 aliphatic heterocycles. The van der Waals surface area contributed by atoms with Gasteiger partial charge in [0.1, 0.15) is 0 Å². The molecule has 3 heteroatoms. The van der Waals surface area contributed by atoms with Crippen LogP contribution >= 0.6 is 11.6 Å². The zero-order valence-corrected chi connectivity index (χ0v) is 13.1. The smallest absolute Gasteiger partial charge is 0.0456 e. The van der Waals surface area contributed by atoms with Gasteiger partial charge in [0.2, 0.25) is 0 Å². The van der Waals surface area contributed by atoms with E-state index in [4.69, 9.17) is 11.6 Å². The van der Waals surface area contributed by atoms with Gasteiger partial charge in [-0.2, -0.15) is 0 Å². The molecule has 2 nitrogen and oxygen atoms in total. The van der Waals surface area contributed by atoms with E-state index >= 15 is 0 Å². The molecule has 20 heavy (non-hydrogen) atoms. The van der Waals surface area contributed by atoms with Crippen LogP contribution in [0.25, 0.3) is 0 Å². The fourth-order valence-corrected chi connectivity index (χ4v) is 4.30. The van der Waals surface area contributed by atoms with Gasteiger partial charge in [-0.25, -0.2) is 0 Å². The molecule has 1 atom stereocenters. The minimum Gasteiger partial charge on any atom is -0.314 e. The second-order valence-electron chi connectivity index (χ2n) is 6.25. The third-order valence-corrected chi connectivity index (χ3v) is 5.29. The third kappa shape index (κ3) is 2.88. The van der Waals surface area contributed by atoms with Crippen molar-refractivity contribution in [3.8, 4) is 0 Å². The molecule has 0 aromatic heterocycles. The molecule has 2 fully saturated rings. The predicted octanol–water partition coefficient (Wildman–Crippen LogP) is 3.78. The topological polar surface area (TPSA) is 15.3 Å². The first-order valence-corrected chi connectivity index (χ1v) is 8.35. The number of benzene rings is 1. The van der Waals surface area contributed by atoms with Crippen LogP contribution < -0.4 is 5.32 Å². The molecule has 0 spiro atoms. The van der Waals surface area contributed by atoms with Gasteiger partial charge >= 0.3 is 0 Å². The summed E-state index contributed by atoms with van der Waals surface area (Å²) in [5.74, 6) is 0.784. The normalized spacial score (nSPS) is 23.1. The first-order valence-electron chi connectivity index (χ1n) is 7.97. The van der Waals surface area contributed by atoms with E-state index in [1.54, 1.807) is 0 Å². The van der Waals surface area contributed by atoms with E-state index in [1.165, 1.54) is 36.8 Å². The van der Waals surface area contributed by atoms with Crippen LogP contribution in [0.15, 0.2) is 18.2 Å². The number of piperazine rings is 1. The number of hydrogen-bond acceptors (Lipinski definition) is 2. The first kappa shape index (κ1) is 14.4. The predicted molar refractivity (Wildman–Crippen MR) is 85.3 cm³/mol. The van der Waals surface area contributed by atoms with Gasteiger partial charge < -0.3 is 5.32 Å². The van der Waals surface area contributed by atoms with Crippen LogP contribution in [0.5, 0.6) is 0 Å². The number of nitrogens with one attached hydrogen (secondary N) is 1. The van der Waals surface area contributed by atoms with Crippen LogP contribution in [-0.2, 0) is 0 Å². The van der Waals surface area contributed by atoms with Crippen LogP contribution in [0, 0.1) is 12.8 Å². The van der Waals surface area contributed by atoms with E-state index in [0.717, 1.165) is 37.1 Å². The Morgan fingerprint density at radius 3 is 2.55 bits per heavy atom. The van der Waals surface area contributed by atoms with Gasteiger partial charge in [0.05, 0.1) is 0 Å². The molecule has 0 bridgehead atoms. The van der Waals surface area contributed by atoms with Crippen molar-refractivity contribution in [1.82, 2.24) is 10.2 Å². The highest BCUT2D eigenvalue weighted by Crippen LogP contribution is 2.43. The summed E-state index contributed by atoms with van der Waals surface area (Å²) >= 11 is 6.58. The number of rotatable bonds is 3. The van der Waals surface area contributed by atoms with E-state index in [2.05, 4.69) is 35.3 Å². The largest absolute Gasteiger partial charge is 0.314 e. The molecule has 1 aromatic carbocycles. The second kappa shape index (κ2) is 6.46. The lowest BCUT2D eigenvalue weighted by Gasteiger charge is -2.39. The molecule has 1 saturated carbocycles. The molecule has 1 aliphatic carbocycles. The summed E-state index contributed by atoms with van der Waals surface area (Å²) in [6, 6.07) is 6.87. The minimum absolute atomic E-state index is 0.522. The van der Waals surface area contributed by atoms with Crippen molar-refractivity contribution in [2.24, 2.45) is 5.92 Å². The van der Waals surface area contributed by atoms with Gasteiger partial charge in [0.15, 0.2) is 0 Å². The Kier molecular flexibility index (Phi) is 4.65. The highest BCUT2D eigenvalue weighted by atomic mass is 35.5. The minimum atomic E-state index is 0.522. The van der Waals surface area contributed by atoms with E-state index in [-0.39, 0.29) is 0 Å². The zero-order valence-electron chi connectivity index (χ0n) is 12.4. The summed E-state index contributed by atoms with van der Waals surface area (Å²) in [5, 5.41) is 4.42. The van der Waals surface area contributed by atoms with Gasteiger partial charge in [-0.1, -0.05) is 36.6 Å². The maximum absolute atomic E-state index is 6.58. The second-order valence-corrected chi connectivity index (χ2v) is 6.65. The molecular formula is C17H25ClN2. The van der Waals surface area contributed by atoms with Crippen molar-refractivity contribution in [3.63, 3.8) is 0 Å². The van der Waals surface area contributed by atoms with Crippen molar-refractivity contribution < 1.29 is 0 Å². The van der Waals surface area contributed by atoms with E-state index in [1.807, 2.05) is 0 Å². The van der Waals surface area contributed by atoms with E-state index < -0.39 is 0 Å². The lowest BCUT2D eigenvalue weighted by molar-refractivity contribution is 0.125. The zero-order chi connectivity index (χ0) is 13.9. The molecule has 0 radical (unpaired) electrons. The van der Waals surface area contributed by atoms with Crippen LogP contribution in [-0.4, -0.2) is 31.1 Å². The number of hydrogen-bond donors (Lipinski definition) is 1. The summed E-state index contributed by atoms with van der Waals surface area (Å²) in [5.41, 5.74) is 2.75. The molecular weight excluding hydrogens is 268 g/mol. The number of nitrogens with zero attached hydrogens (tertiary/aromatic N) is 1. The van der Waals surface area contributed by atoms with Gasteiger partial charge in [-0.05, 0) is 42.9 Å². The van der Waals surface area contributed by atoms with Crippen molar-refractivity contribution in [3.05, 3.63) is 34.3 Å². The summed E-state index contributed by atoms with van der Waals surface area (Å²) in [6.07, 6.45) is 5.49. The maximum Gasteiger partial charge on any atom is 0.0456 e. The fraction of sp³-hybridized carbons (Fsp3) is 0.647. The lowest BCUT2D eigenvalue weighted by Crippen LogP contribution is -2.47. The van der Waals surface area contributed by atoms with Crippen molar-refractivity contribution in [1.29, 1.82) is 0 Å². The maximum atomic E-state index is 6.58. The SMILES string of the molecule is Cc1cccc(Cl)c1[C@H](C1CCCC1)N1CCNCC1. The Hall–Kier alpha value is -0.570. The van der Waals surface area contributed by atoms with Gasteiger partial charge in [0.25, 0.3) is 0 Å². The van der Waals surface area contributed by atoms with Crippen LogP contribution in [0.3, 0.4) is 0 Å². The van der Waals surface area contributed by atoms with Crippen LogP contribution in [0.1, 0.15) is 42.9 Å². The standard InChI is InChI=1S/C17H25ClN2/c1-13-5-4-8-15(18)16(13)17(14-6-2-3-7-14)20-11-9-19-10-12-20/h4-5,8,14,17,19H,2-3,6-7,9-12H2,1H3/t17-/m0/s1. The average Bonchev–Trinajstić information content (AvgIpc) is 2.98. The molecule has 0 unspecified atom stereocenters. The molecule has 2 aliphatic rings. The molecule has 110 valence electrons. The van der Waals surface area contributed by atoms with Crippen LogP contribution in [0.2, 0.25) is 5.02 Å². The summed E-state index contributed by atoms with van der Waals surface area (Å²) < 4.78 is 0. The first-order chi connectivity index (χ1) is 9.77. The Morgan fingerprint density at radius 1 is 1.20 bits per heavy atom. The molecule has 1 saturated heterocycles. The highest BCUT2D eigenvalue weighted by Gasteiger charge is 2.33. The summed E-state index contributed by atoms with van der Waals surface area (Å²) in [6.45, 7) is 6.71. The van der Waals surface area contributed by atoms with Gasteiger partial charge in [-0.3, -0.25) is 4.90 Å². The molecule has 1 aromatic rings. The molecule has 1 heterocycles. The molecule has 1 N–H and O–H groups in total. The summed E-state index contributed by atoms with van der Waals surface area (Å²) in [7, 11) is 0. The molecule has 0 amide bonds. The lowest BCUT2D eigenvalue weighted by atomic mass is 9.87. The average molecular weight is 293 g/mol. The summed E-state index contributed by atoms with van der Waals surface area (Å²) in [4.78, 5) is 2.67. The van der Waals surface area contributed by atoms with Crippen molar-refractivity contribution in [2.45, 2.75) is 38.6 Å². The Balaban J connectivity index is 1.95. The van der Waals surface area contributed by atoms with Gasteiger partial charge in [-0.15, -0.1) is 0 Å². The molecule has 3 rings (SSSR count). The highest BCUT2D eigenvalue weighted by molar-refractivity contribution is 6.31. The fourth-order valence-electron chi connectivity index (χ4n) is 3.97. The number of halogens is 1. The third-order valence-electron chi connectivity index (χ3n) is 4.96. The monoisotopic (exact) mass is 292 g/mol. The Bertz CT molecular complexity index is 428. The van der Waals surface area contributed by atoms with E-state index in [0.29, 0.717) is 6.04 Å². The Labute approximate surface area is 127 Å². The van der Waals surface area contributed by atoms with Gasteiger partial charge in [0, 0.05) is 37.2 Å². The van der Waals surface area contributed by atoms with Crippen LogP contribution in [0.4, 0.5) is 0 Å². The van der Waals surface area contributed by atoms with Crippen molar-refractivity contribution >= 4 is 11.6 Å². The Morgan fingerprint density at radius 2 is 1.90 bits per heavy atom.